The second-order valence-corrected chi connectivity index (χ2v) is 5.86. The van der Waals surface area contributed by atoms with Crippen LogP contribution < -0.4 is 10.6 Å². The minimum Gasteiger partial charge on any atom is -0.355 e. The Balaban J connectivity index is 1.75. The minimum absolute atomic E-state index is 0.639. The van der Waals surface area contributed by atoms with Gasteiger partial charge >= 0.3 is 0 Å². The number of nitrogens with one attached hydrogen (secondary N) is 2. The minimum atomic E-state index is 0.639. The van der Waals surface area contributed by atoms with Crippen molar-refractivity contribution in [2.24, 2.45) is 4.99 Å². The number of piperidine rings is 1. The number of likely N-dealkylation sites (N-methyl/N-ethyl adjacent to an activating group) is 1. The zero-order valence-corrected chi connectivity index (χ0v) is 12.6. The molecule has 2 fully saturated rings. The maximum atomic E-state index is 4.36. The summed E-state index contributed by atoms with van der Waals surface area (Å²) in [7, 11) is 1.88. The van der Waals surface area contributed by atoms with E-state index in [-0.39, 0.29) is 0 Å². The molecule has 1 unspecified atom stereocenters. The van der Waals surface area contributed by atoms with E-state index in [0.717, 1.165) is 12.5 Å². The fourth-order valence-electron chi connectivity index (χ4n) is 3.38. The number of aliphatic imine (C=N–C) groups is 1. The van der Waals surface area contributed by atoms with E-state index in [1.54, 1.807) is 0 Å². The number of hydrogen-bond donors (Lipinski definition) is 2. The first kappa shape index (κ1) is 14.6. The van der Waals surface area contributed by atoms with Crippen LogP contribution in [0.4, 0.5) is 0 Å². The summed E-state index contributed by atoms with van der Waals surface area (Å²) < 4.78 is 0. The molecule has 0 amide bonds. The first-order valence-corrected chi connectivity index (χ1v) is 8.04. The monoisotopic (exact) mass is 266 g/mol. The van der Waals surface area contributed by atoms with Crippen LogP contribution in [0, 0.1) is 0 Å². The Hall–Kier alpha value is -0.770. The molecule has 1 saturated heterocycles. The third-order valence-corrected chi connectivity index (χ3v) is 4.58. The molecule has 0 spiro atoms. The largest absolute Gasteiger partial charge is 0.355 e. The van der Waals surface area contributed by atoms with Gasteiger partial charge in [-0.15, -0.1) is 0 Å². The normalized spacial score (nSPS) is 26.6. The smallest absolute Gasteiger partial charge is 0.191 e. The third-order valence-electron chi connectivity index (χ3n) is 4.58. The Morgan fingerprint density at radius 1 is 1.16 bits per heavy atom. The van der Waals surface area contributed by atoms with Gasteiger partial charge in [0.15, 0.2) is 5.96 Å². The molecule has 1 atom stereocenters. The second kappa shape index (κ2) is 7.73. The van der Waals surface area contributed by atoms with Gasteiger partial charge in [-0.3, -0.25) is 9.89 Å². The molecule has 110 valence electrons. The molecule has 0 aromatic carbocycles. The van der Waals surface area contributed by atoms with Crippen molar-refractivity contribution in [1.82, 2.24) is 15.5 Å². The Bertz CT molecular complexity index is 284. The van der Waals surface area contributed by atoms with Gasteiger partial charge in [0.1, 0.15) is 0 Å². The van der Waals surface area contributed by atoms with Crippen LogP contribution in [0.1, 0.15) is 51.9 Å². The molecule has 19 heavy (non-hydrogen) atoms. The SMILES string of the molecule is CCN1CCCCC1CNC(=NC)NC1CCCC1. The lowest BCUT2D eigenvalue weighted by Gasteiger charge is -2.35. The number of guanidine groups is 1. The molecule has 2 aliphatic rings. The molecule has 4 nitrogen and oxygen atoms in total. The van der Waals surface area contributed by atoms with Gasteiger partial charge in [-0.2, -0.15) is 0 Å². The molecule has 0 aromatic rings. The number of hydrogen-bond acceptors (Lipinski definition) is 2. The lowest BCUT2D eigenvalue weighted by molar-refractivity contribution is 0.157. The zero-order chi connectivity index (χ0) is 13.5. The number of likely N-dealkylation sites (tertiary alicyclic amines) is 1. The summed E-state index contributed by atoms with van der Waals surface area (Å²) in [6.07, 6.45) is 9.37. The summed E-state index contributed by atoms with van der Waals surface area (Å²) in [4.78, 5) is 6.96. The van der Waals surface area contributed by atoms with E-state index >= 15 is 0 Å². The van der Waals surface area contributed by atoms with E-state index < -0.39 is 0 Å². The average Bonchev–Trinajstić information content (AvgIpc) is 2.96. The first-order chi connectivity index (χ1) is 9.33. The van der Waals surface area contributed by atoms with E-state index in [9.17, 15) is 0 Å². The predicted molar refractivity (Wildman–Crippen MR) is 81.6 cm³/mol. The molecular weight excluding hydrogens is 236 g/mol. The van der Waals surface area contributed by atoms with Gasteiger partial charge in [-0.05, 0) is 38.8 Å². The van der Waals surface area contributed by atoms with Crippen LogP contribution in [0.15, 0.2) is 4.99 Å². The van der Waals surface area contributed by atoms with Crippen molar-refractivity contribution in [3.8, 4) is 0 Å². The lowest BCUT2D eigenvalue weighted by atomic mass is 10.0. The van der Waals surface area contributed by atoms with Gasteiger partial charge < -0.3 is 10.6 Å². The Labute approximate surface area is 118 Å². The molecular formula is C15H30N4. The van der Waals surface area contributed by atoms with Gasteiger partial charge in [0.05, 0.1) is 0 Å². The molecule has 0 aromatic heterocycles. The van der Waals surface area contributed by atoms with Crippen molar-refractivity contribution < 1.29 is 0 Å². The van der Waals surface area contributed by atoms with E-state index in [1.165, 1.54) is 58.0 Å². The predicted octanol–water partition coefficient (Wildman–Crippen LogP) is 1.97. The zero-order valence-electron chi connectivity index (χ0n) is 12.6. The number of rotatable bonds is 4. The van der Waals surface area contributed by atoms with E-state index in [1.807, 2.05) is 7.05 Å². The molecule has 0 bridgehead atoms. The fraction of sp³-hybridized carbons (Fsp3) is 0.933. The highest BCUT2D eigenvalue weighted by atomic mass is 15.2. The molecule has 0 radical (unpaired) electrons. The van der Waals surface area contributed by atoms with E-state index in [4.69, 9.17) is 0 Å². The second-order valence-electron chi connectivity index (χ2n) is 5.86. The van der Waals surface area contributed by atoms with Crippen molar-refractivity contribution in [3.05, 3.63) is 0 Å². The van der Waals surface area contributed by atoms with Crippen molar-refractivity contribution in [1.29, 1.82) is 0 Å². The summed E-state index contributed by atoms with van der Waals surface area (Å²) in [5.74, 6) is 0.994. The van der Waals surface area contributed by atoms with Crippen LogP contribution >= 0.6 is 0 Å². The van der Waals surface area contributed by atoms with Crippen molar-refractivity contribution in [2.45, 2.75) is 64.0 Å². The Kier molecular flexibility index (Phi) is 5.95. The molecule has 2 N–H and O–H groups in total. The molecule has 4 heteroatoms. The Morgan fingerprint density at radius 3 is 2.58 bits per heavy atom. The number of nitrogens with zero attached hydrogens (tertiary/aromatic N) is 2. The maximum Gasteiger partial charge on any atom is 0.191 e. The van der Waals surface area contributed by atoms with Gasteiger partial charge in [0, 0.05) is 25.7 Å². The van der Waals surface area contributed by atoms with Gasteiger partial charge in [-0.1, -0.05) is 26.2 Å². The summed E-state index contributed by atoms with van der Waals surface area (Å²) in [6.45, 7) is 5.72. The van der Waals surface area contributed by atoms with Crippen molar-refractivity contribution >= 4 is 5.96 Å². The molecule has 1 aliphatic heterocycles. The highest BCUT2D eigenvalue weighted by molar-refractivity contribution is 5.80. The van der Waals surface area contributed by atoms with Crippen LogP contribution in [0.3, 0.4) is 0 Å². The van der Waals surface area contributed by atoms with Crippen LogP contribution in [0.5, 0.6) is 0 Å². The molecule has 1 saturated carbocycles. The molecule has 2 rings (SSSR count). The van der Waals surface area contributed by atoms with Crippen LogP contribution in [-0.4, -0.2) is 49.6 Å². The van der Waals surface area contributed by atoms with E-state index in [2.05, 4.69) is 27.4 Å². The average molecular weight is 266 g/mol. The topological polar surface area (TPSA) is 39.7 Å². The highest BCUT2D eigenvalue weighted by Gasteiger charge is 2.21. The van der Waals surface area contributed by atoms with Crippen LogP contribution in [-0.2, 0) is 0 Å². The Morgan fingerprint density at radius 2 is 1.89 bits per heavy atom. The summed E-state index contributed by atoms with van der Waals surface area (Å²) in [6, 6.07) is 1.32. The summed E-state index contributed by atoms with van der Waals surface area (Å²) in [5.41, 5.74) is 0. The third kappa shape index (κ3) is 4.37. The van der Waals surface area contributed by atoms with Crippen LogP contribution in [0.2, 0.25) is 0 Å². The van der Waals surface area contributed by atoms with Crippen molar-refractivity contribution in [2.75, 3.05) is 26.7 Å². The van der Waals surface area contributed by atoms with Gasteiger partial charge in [0.25, 0.3) is 0 Å². The van der Waals surface area contributed by atoms with Crippen LogP contribution in [0.25, 0.3) is 0 Å². The van der Waals surface area contributed by atoms with E-state index in [0.29, 0.717) is 12.1 Å². The molecule has 1 heterocycles. The molecule has 1 aliphatic carbocycles. The maximum absolute atomic E-state index is 4.36. The summed E-state index contributed by atoms with van der Waals surface area (Å²) in [5, 5.41) is 7.09. The van der Waals surface area contributed by atoms with Gasteiger partial charge in [-0.25, -0.2) is 0 Å². The first-order valence-electron chi connectivity index (χ1n) is 8.04. The van der Waals surface area contributed by atoms with Gasteiger partial charge in [0.2, 0.25) is 0 Å². The lowest BCUT2D eigenvalue weighted by Crippen LogP contribution is -2.50. The standard InChI is InChI=1S/C15H30N4/c1-3-19-11-7-6-10-14(19)12-17-15(16-2)18-13-8-4-5-9-13/h13-14H,3-12H2,1-2H3,(H2,16,17,18). The summed E-state index contributed by atoms with van der Waals surface area (Å²) >= 11 is 0. The quantitative estimate of drug-likeness (QED) is 0.604. The highest BCUT2D eigenvalue weighted by Crippen LogP contribution is 2.18. The fourth-order valence-corrected chi connectivity index (χ4v) is 3.38. The van der Waals surface area contributed by atoms with Crippen molar-refractivity contribution in [3.63, 3.8) is 0 Å².